The van der Waals surface area contributed by atoms with E-state index in [1.807, 2.05) is 64.3 Å². The number of carbonyl (C=O) groups is 1. The van der Waals surface area contributed by atoms with E-state index in [1.54, 1.807) is 0 Å². The summed E-state index contributed by atoms with van der Waals surface area (Å²) in [6, 6.07) is 15.9. The van der Waals surface area contributed by atoms with Gasteiger partial charge < -0.3 is 10.2 Å². The molecule has 2 aromatic rings. The Morgan fingerprint density at radius 3 is 2.36 bits per heavy atom. The summed E-state index contributed by atoms with van der Waals surface area (Å²) in [7, 11) is 4.03. The Kier molecular flexibility index (Phi) is 5.34. The van der Waals surface area contributed by atoms with Crippen LogP contribution in [0.2, 0.25) is 0 Å². The Hall–Kier alpha value is -2.13. The maximum atomic E-state index is 12.7. The molecule has 0 saturated carbocycles. The highest BCUT2D eigenvalue weighted by atomic mass is 16.1. The van der Waals surface area contributed by atoms with Crippen molar-refractivity contribution in [3.05, 3.63) is 70.8 Å². The fraction of sp³-hybridized carbons (Fsp3) is 0.316. The van der Waals surface area contributed by atoms with Crippen LogP contribution in [-0.4, -0.2) is 31.4 Å². The van der Waals surface area contributed by atoms with Gasteiger partial charge in [0.05, 0.1) is 6.04 Å². The second-order valence-electron chi connectivity index (χ2n) is 5.95. The van der Waals surface area contributed by atoms with Gasteiger partial charge in [-0.2, -0.15) is 0 Å². The Morgan fingerprint density at radius 1 is 1.05 bits per heavy atom. The molecule has 116 valence electrons. The predicted molar refractivity (Wildman–Crippen MR) is 91.1 cm³/mol. The molecule has 2 rings (SSSR count). The third-order valence-electron chi connectivity index (χ3n) is 3.90. The molecule has 0 aliphatic rings. The van der Waals surface area contributed by atoms with E-state index in [1.165, 1.54) is 0 Å². The number of likely N-dealkylation sites (N-methyl/N-ethyl adjacent to an activating group) is 1. The van der Waals surface area contributed by atoms with Gasteiger partial charge in [0, 0.05) is 12.1 Å². The fourth-order valence-corrected chi connectivity index (χ4v) is 2.52. The van der Waals surface area contributed by atoms with Crippen molar-refractivity contribution in [2.24, 2.45) is 0 Å². The molecule has 1 amide bonds. The van der Waals surface area contributed by atoms with E-state index < -0.39 is 0 Å². The number of amides is 1. The summed E-state index contributed by atoms with van der Waals surface area (Å²) >= 11 is 0. The molecule has 3 heteroatoms. The molecule has 0 aromatic heterocycles. The lowest BCUT2D eigenvalue weighted by atomic mass is 10.0. The highest BCUT2D eigenvalue weighted by Gasteiger charge is 2.18. The molecule has 2 aromatic carbocycles. The van der Waals surface area contributed by atoms with Crippen LogP contribution in [0.3, 0.4) is 0 Å². The zero-order chi connectivity index (χ0) is 16.1. The lowest BCUT2D eigenvalue weighted by molar-refractivity contribution is 0.0929. The number of aryl methyl sites for hydroxylation is 1. The van der Waals surface area contributed by atoms with Crippen molar-refractivity contribution in [1.82, 2.24) is 10.2 Å². The van der Waals surface area contributed by atoms with E-state index in [-0.39, 0.29) is 11.9 Å². The number of hydrogen-bond acceptors (Lipinski definition) is 2. The normalized spacial score (nSPS) is 12.2. The summed E-state index contributed by atoms with van der Waals surface area (Å²) in [5.41, 5.74) is 4.04. The van der Waals surface area contributed by atoms with Crippen LogP contribution >= 0.6 is 0 Å². The van der Waals surface area contributed by atoms with Gasteiger partial charge in [-0.15, -0.1) is 0 Å². The summed E-state index contributed by atoms with van der Waals surface area (Å²) in [6.45, 7) is 4.79. The van der Waals surface area contributed by atoms with Gasteiger partial charge in [0.25, 0.3) is 5.91 Å². The van der Waals surface area contributed by atoms with Crippen LogP contribution in [-0.2, 0) is 0 Å². The maximum Gasteiger partial charge on any atom is 0.252 e. The zero-order valence-corrected chi connectivity index (χ0v) is 13.8. The molecule has 0 saturated heterocycles. The van der Waals surface area contributed by atoms with E-state index >= 15 is 0 Å². The number of carbonyl (C=O) groups excluding carboxylic acids is 1. The number of benzene rings is 2. The average Bonchev–Trinajstić information content (AvgIpc) is 2.49. The van der Waals surface area contributed by atoms with Gasteiger partial charge in [-0.05, 0) is 50.7 Å². The molecule has 0 heterocycles. The van der Waals surface area contributed by atoms with Crippen molar-refractivity contribution < 1.29 is 4.79 Å². The molecular formula is C19H24N2O. The Labute approximate surface area is 133 Å². The van der Waals surface area contributed by atoms with Crippen molar-refractivity contribution in [2.75, 3.05) is 20.6 Å². The number of hydrogen-bond donors (Lipinski definition) is 1. The smallest absolute Gasteiger partial charge is 0.252 e. The molecular weight excluding hydrogens is 272 g/mol. The second kappa shape index (κ2) is 7.23. The standard InChI is InChI=1S/C19H24N2O/c1-14-9-8-12-17(15(14)2)19(22)20-18(13-21(3)4)16-10-6-5-7-11-16/h5-12,18H,13H2,1-4H3,(H,20,22). The third-order valence-corrected chi connectivity index (χ3v) is 3.90. The Balaban J connectivity index is 2.23. The van der Waals surface area contributed by atoms with Gasteiger partial charge in [-0.25, -0.2) is 0 Å². The van der Waals surface area contributed by atoms with Crippen LogP contribution in [0.5, 0.6) is 0 Å². The average molecular weight is 296 g/mol. The number of nitrogens with zero attached hydrogens (tertiary/aromatic N) is 1. The maximum absolute atomic E-state index is 12.7. The van der Waals surface area contributed by atoms with Crippen LogP contribution in [0.25, 0.3) is 0 Å². The summed E-state index contributed by atoms with van der Waals surface area (Å²) in [6.07, 6.45) is 0. The monoisotopic (exact) mass is 296 g/mol. The summed E-state index contributed by atoms with van der Waals surface area (Å²) < 4.78 is 0. The van der Waals surface area contributed by atoms with E-state index in [2.05, 4.69) is 22.3 Å². The van der Waals surface area contributed by atoms with Crippen LogP contribution in [0, 0.1) is 13.8 Å². The predicted octanol–water partition coefficient (Wildman–Crippen LogP) is 3.34. The first-order valence-corrected chi connectivity index (χ1v) is 7.56. The first-order valence-electron chi connectivity index (χ1n) is 7.56. The lowest BCUT2D eigenvalue weighted by Gasteiger charge is -2.23. The van der Waals surface area contributed by atoms with Gasteiger partial charge in [-0.1, -0.05) is 42.5 Å². The minimum atomic E-state index is -0.0244. The van der Waals surface area contributed by atoms with Gasteiger partial charge in [0.2, 0.25) is 0 Å². The van der Waals surface area contributed by atoms with Crippen LogP contribution in [0.4, 0.5) is 0 Å². The van der Waals surface area contributed by atoms with Gasteiger partial charge in [0.1, 0.15) is 0 Å². The molecule has 1 N–H and O–H groups in total. The molecule has 0 aliphatic heterocycles. The van der Waals surface area contributed by atoms with Crippen molar-refractivity contribution in [2.45, 2.75) is 19.9 Å². The van der Waals surface area contributed by atoms with Crippen LogP contribution in [0.1, 0.15) is 33.1 Å². The highest BCUT2D eigenvalue weighted by Crippen LogP contribution is 2.17. The SMILES string of the molecule is Cc1cccc(C(=O)NC(CN(C)C)c2ccccc2)c1C. The van der Waals surface area contributed by atoms with Crippen molar-refractivity contribution in [1.29, 1.82) is 0 Å². The highest BCUT2D eigenvalue weighted by molar-refractivity contribution is 5.96. The molecule has 22 heavy (non-hydrogen) atoms. The van der Waals surface area contributed by atoms with E-state index in [9.17, 15) is 4.79 Å². The van der Waals surface area contributed by atoms with E-state index in [0.717, 1.165) is 28.8 Å². The lowest BCUT2D eigenvalue weighted by Crippen LogP contribution is -2.35. The molecule has 3 nitrogen and oxygen atoms in total. The molecule has 1 atom stereocenters. The minimum Gasteiger partial charge on any atom is -0.344 e. The largest absolute Gasteiger partial charge is 0.344 e. The Bertz CT molecular complexity index is 635. The van der Waals surface area contributed by atoms with E-state index in [4.69, 9.17) is 0 Å². The second-order valence-corrected chi connectivity index (χ2v) is 5.95. The van der Waals surface area contributed by atoms with Crippen molar-refractivity contribution in [3.63, 3.8) is 0 Å². The topological polar surface area (TPSA) is 32.3 Å². The quantitative estimate of drug-likeness (QED) is 0.918. The van der Waals surface area contributed by atoms with Crippen molar-refractivity contribution >= 4 is 5.91 Å². The van der Waals surface area contributed by atoms with Crippen molar-refractivity contribution in [3.8, 4) is 0 Å². The fourth-order valence-electron chi connectivity index (χ4n) is 2.52. The third kappa shape index (κ3) is 3.95. The van der Waals surface area contributed by atoms with Crippen LogP contribution < -0.4 is 5.32 Å². The van der Waals surface area contributed by atoms with Gasteiger partial charge >= 0.3 is 0 Å². The Morgan fingerprint density at radius 2 is 1.73 bits per heavy atom. The zero-order valence-electron chi connectivity index (χ0n) is 13.8. The summed E-state index contributed by atoms with van der Waals surface area (Å²) in [4.78, 5) is 14.7. The molecule has 0 fully saturated rings. The molecule has 0 spiro atoms. The number of rotatable bonds is 5. The molecule has 1 unspecified atom stereocenters. The number of nitrogens with one attached hydrogen (secondary N) is 1. The molecule has 0 bridgehead atoms. The van der Waals surface area contributed by atoms with Gasteiger partial charge in [0.15, 0.2) is 0 Å². The van der Waals surface area contributed by atoms with Gasteiger partial charge in [-0.3, -0.25) is 4.79 Å². The van der Waals surface area contributed by atoms with Crippen LogP contribution in [0.15, 0.2) is 48.5 Å². The van der Waals surface area contributed by atoms with E-state index in [0.29, 0.717) is 0 Å². The summed E-state index contributed by atoms with van der Waals surface area (Å²) in [5, 5.41) is 3.17. The molecule has 0 radical (unpaired) electrons. The minimum absolute atomic E-state index is 0.0168. The first kappa shape index (κ1) is 16.2. The summed E-state index contributed by atoms with van der Waals surface area (Å²) in [5.74, 6) is -0.0168. The molecule has 0 aliphatic carbocycles. The first-order chi connectivity index (χ1) is 10.5.